The molecule has 26 heavy (non-hydrogen) atoms. The van der Waals surface area contributed by atoms with Crippen LogP contribution in [0.4, 0.5) is 5.69 Å². The van der Waals surface area contributed by atoms with Gasteiger partial charge in [-0.1, -0.05) is 23.7 Å². The number of nitrogens with zero attached hydrogens (tertiary/aromatic N) is 1. The average Bonchev–Trinajstić information content (AvgIpc) is 3.07. The van der Waals surface area contributed by atoms with Crippen molar-refractivity contribution in [2.75, 3.05) is 12.4 Å². The molecule has 0 unspecified atom stereocenters. The number of carbonyl (C=O) groups is 3. The molecule has 1 aliphatic rings. The molecule has 1 aliphatic heterocycles. The summed E-state index contributed by atoms with van der Waals surface area (Å²) in [5.74, 6) is -1.06. The third kappa shape index (κ3) is 2.30. The van der Waals surface area contributed by atoms with Gasteiger partial charge in [0.2, 0.25) is 0 Å². The van der Waals surface area contributed by atoms with Gasteiger partial charge in [-0.05, 0) is 31.2 Å². The number of halogens is 1. The van der Waals surface area contributed by atoms with Crippen LogP contribution in [0, 0.1) is 6.92 Å². The van der Waals surface area contributed by atoms with E-state index < -0.39 is 11.8 Å². The highest BCUT2D eigenvalue weighted by molar-refractivity contribution is 6.35. The highest BCUT2D eigenvalue weighted by Crippen LogP contribution is 2.31. The number of rotatable bonds is 2. The second-order valence-corrected chi connectivity index (χ2v) is 6.46. The second-order valence-electron chi connectivity index (χ2n) is 6.06. The van der Waals surface area contributed by atoms with E-state index in [1.54, 1.807) is 25.1 Å². The van der Waals surface area contributed by atoms with Gasteiger partial charge in [0.25, 0.3) is 17.7 Å². The van der Waals surface area contributed by atoms with Gasteiger partial charge < -0.3 is 9.73 Å². The largest absolute Gasteiger partial charge is 0.449 e. The van der Waals surface area contributed by atoms with Crippen LogP contribution in [0.5, 0.6) is 0 Å². The number of aryl methyl sites for hydroxylation is 1. The molecule has 0 fully saturated rings. The van der Waals surface area contributed by atoms with Gasteiger partial charge in [0, 0.05) is 23.7 Å². The molecule has 0 radical (unpaired) electrons. The molecule has 1 N–H and O–H groups in total. The topological polar surface area (TPSA) is 79.6 Å². The van der Waals surface area contributed by atoms with Crippen molar-refractivity contribution in [3.63, 3.8) is 0 Å². The zero-order chi connectivity index (χ0) is 18.6. The van der Waals surface area contributed by atoms with Crippen LogP contribution in [0.2, 0.25) is 5.02 Å². The standard InChI is InChI=1S/C19H13ClN2O4/c1-9-11-4-3-5-14(20)16(11)26-15(9)17(23)21-10-6-7-12-13(8-10)19(25)22(2)18(12)24/h3-8H,1-2H3,(H,21,23). The Hall–Kier alpha value is -3.12. The molecule has 1 aromatic heterocycles. The Bertz CT molecular complexity index is 1120. The minimum atomic E-state index is -0.458. The van der Waals surface area contributed by atoms with Gasteiger partial charge in [-0.25, -0.2) is 0 Å². The fourth-order valence-corrected chi connectivity index (χ4v) is 3.27. The highest BCUT2D eigenvalue weighted by atomic mass is 35.5. The van der Waals surface area contributed by atoms with Gasteiger partial charge in [-0.2, -0.15) is 0 Å². The fourth-order valence-electron chi connectivity index (χ4n) is 3.05. The Morgan fingerprint density at radius 2 is 1.85 bits per heavy atom. The molecule has 3 amide bonds. The van der Waals surface area contributed by atoms with E-state index in [1.165, 1.54) is 19.2 Å². The predicted molar refractivity (Wildman–Crippen MR) is 96.8 cm³/mol. The molecule has 3 aromatic rings. The number of imide groups is 1. The maximum Gasteiger partial charge on any atom is 0.291 e. The first kappa shape index (κ1) is 16.4. The van der Waals surface area contributed by atoms with Crippen LogP contribution < -0.4 is 5.32 Å². The molecular formula is C19H13ClN2O4. The molecule has 130 valence electrons. The lowest BCUT2D eigenvalue weighted by Crippen LogP contribution is -2.24. The van der Waals surface area contributed by atoms with Crippen molar-refractivity contribution in [3.05, 3.63) is 63.9 Å². The summed E-state index contributed by atoms with van der Waals surface area (Å²) < 4.78 is 5.64. The van der Waals surface area contributed by atoms with Crippen molar-refractivity contribution in [3.8, 4) is 0 Å². The minimum Gasteiger partial charge on any atom is -0.449 e. The lowest BCUT2D eigenvalue weighted by Gasteiger charge is -2.05. The fraction of sp³-hybridized carbons (Fsp3) is 0.105. The Balaban J connectivity index is 1.68. The minimum absolute atomic E-state index is 0.146. The van der Waals surface area contributed by atoms with E-state index >= 15 is 0 Å². The molecule has 6 nitrogen and oxygen atoms in total. The summed E-state index contributed by atoms with van der Waals surface area (Å²) in [5, 5.41) is 3.89. The first-order valence-corrected chi connectivity index (χ1v) is 8.21. The highest BCUT2D eigenvalue weighted by Gasteiger charge is 2.33. The molecule has 2 aromatic carbocycles. The molecular weight excluding hydrogens is 356 g/mol. The number of para-hydroxylation sites is 1. The summed E-state index contributed by atoms with van der Waals surface area (Å²) in [6.07, 6.45) is 0. The third-order valence-electron chi connectivity index (χ3n) is 4.47. The molecule has 0 saturated carbocycles. The summed E-state index contributed by atoms with van der Waals surface area (Å²) in [6.45, 7) is 1.77. The van der Waals surface area contributed by atoms with Crippen LogP contribution in [0.1, 0.15) is 36.8 Å². The molecule has 0 aliphatic carbocycles. The number of anilines is 1. The smallest absolute Gasteiger partial charge is 0.291 e. The maximum absolute atomic E-state index is 12.6. The molecule has 2 heterocycles. The van der Waals surface area contributed by atoms with E-state index in [0.29, 0.717) is 27.4 Å². The Labute approximate surface area is 153 Å². The Morgan fingerprint density at radius 3 is 2.58 bits per heavy atom. The van der Waals surface area contributed by atoms with Crippen LogP contribution in [0.3, 0.4) is 0 Å². The van der Waals surface area contributed by atoms with Gasteiger partial charge in [-0.15, -0.1) is 0 Å². The van der Waals surface area contributed by atoms with Gasteiger partial charge in [0.15, 0.2) is 11.3 Å². The molecule has 0 atom stereocenters. The summed E-state index contributed by atoms with van der Waals surface area (Å²) in [5.41, 5.74) is 2.11. The van der Waals surface area contributed by atoms with E-state index in [0.717, 1.165) is 10.3 Å². The van der Waals surface area contributed by atoms with Crippen molar-refractivity contribution in [2.45, 2.75) is 6.92 Å². The monoisotopic (exact) mass is 368 g/mol. The van der Waals surface area contributed by atoms with E-state index in [-0.39, 0.29) is 17.2 Å². The van der Waals surface area contributed by atoms with Crippen LogP contribution >= 0.6 is 11.6 Å². The summed E-state index contributed by atoms with van der Waals surface area (Å²) in [6, 6.07) is 9.89. The second kappa shape index (κ2) is 5.71. The van der Waals surface area contributed by atoms with E-state index in [9.17, 15) is 14.4 Å². The lowest BCUT2D eigenvalue weighted by atomic mass is 10.1. The normalized spacial score (nSPS) is 13.4. The van der Waals surface area contributed by atoms with Gasteiger partial charge in [-0.3, -0.25) is 19.3 Å². The van der Waals surface area contributed by atoms with Crippen molar-refractivity contribution in [1.82, 2.24) is 4.90 Å². The van der Waals surface area contributed by atoms with E-state index in [4.69, 9.17) is 16.0 Å². The van der Waals surface area contributed by atoms with Gasteiger partial charge >= 0.3 is 0 Å². The lowest BCUT2D eigenvalue weighted by molar-refractivity contribution is 0.0692. The Kier molecular flexibility index (Phi) is 3.59. The zero-order valence-electron chi connectivity index (χ0n) is 13.9. The van der Waals surface area contributed by atoms with Crippen molar-refractivity contribution >= 4 is 46.0 Å². The first-order chi connectivity index (χ1) is 12.4. The molecule has 7 heteroatoms. The molecule has 0 saturated heterocycles. The SMILES string of the molecule is Cc1c(C(=O)Nc2ccc3c(c2)C(=O)N(C)C3=O)oc2c(Cl)cccc12. The van der Waals surface area contributed by atoms with Gasteiger partial charge in [0.05, 0.1) is 16.1 Å². The number of furan rings is 1. The Morgan fingerprint density at radius 1 is 1.12 bits per heavy atom. The summed E-state index contributed by atoms with van der Waals surface area (Å²) in [4.78, 5) is 37.7. The quantitative estimate of drug-likeness (QED) is 0.696. The van der Waals surface area contributed by atoms with E-state index in [1.807, 2.05) is 6.07 Å². The number of carbonyl (C=O) groups excluding carboxylic acids is 3. The number of nitrogens with one attached hydrogen (secondary N) is 1. The summed E-state index contributed by atoms with van der Waals surface area (Å²) in [7, 11) is 1.42. The van der Waals surface area contributed by atoms with Crippen LogP contribution in [-0.2, 0) is 0 Å². The number of benzene rings is 2. The van der Waals surface area contributed by atoms with Crippen LogP contribution in [0.25, 0.3) is 11.0 Å². The number of fused-ring (bicyclic) bond motifs is 2. The van der Waals surface area contributed by atoms with Crippen molar-refractivity contribution in [2.24, 2.45) is 0 Å². The number of hydrogen-bond donors (Lipinski definition) is 1. The molecule has 0 bridgehead atoms. The van der Waals surface area contributed by atoms with Gasteiger partial charge in [0.1, 0.15) is 0 Å². The number of hydrogen-bond acceptors (Lipinski definition) is 4. The molecule has 0 spiro atoms. The third-order valence-corrected chi connectivity index (χ3v) is 4.77. The predicted octanol–water partition coefficient (Wildman–Crippen LogP) is 3.87. The average molecular weight is 369 g/mol. The first-order valence-electron chi connectivity index (χ1n) is 7.84. The zero-order valence-corrected chi connectivity index (χ0v) is 14.7. The molecule has 4 rings (SSSR count). The summed E-state index contributed by atoms with van der Waals surface area (Å²) >= 11 is 6.12. The maximum atomic E-state index is 12.6. The van der Waals surface area contributed by atoms with Crippen LogP contribution in [-0.4, -0.2) is 29.7 Å². The van der Waals surface area contributed by atoms with Crippen molar-refractivity contribution < 1.29 is 18.8 Å². The van der Waals surface area contributed by atoms with Crippen LogP contribution in [0.15, 0.2) is 40.8 Å². The van der Waals surface area contributed by atoms with Crippen molar-refractivity contribution in [1.29, 1.82) is 0 Å². The number of amides is 3. The van der Waals surface area contributed by atoms with E-state index in [2.05, 4.69) is 5.32 Å².